The number of hydrogen-bond acceptors (Lipinski definition) is 8. The number of hydrogen-bond donors (Lipinski definition) is 2. The molecule has 198 valence electrons. The summed E-state index contributed by atoms with van der Waals surface area (Å²) in [7, 11) is 0. The largest absolute Gasteiger partial charge is 0.462 e. The van der Waals surface area contributed by atoms with Gasteiger partial charge in [-0.3, -0.25) is 9.78 Å². The van der Waals surface area contributed by atoms with E-state index in [1.807, 2.05) is 11.8 Å². The number of anilines is 1. The number of aromatic nitrogens is 3. The minimum Gasteiger partial charge on any atom is -0.462 e. The molecule has 0 spiro atoms. The number of esters is 1. The summed E-state index contributed by atoms with van der Waals surface area (Å²) in [5, 5.41) is 4.09. The van der Waals surface area contributed by atoms with Crippen molar-refractivity contribution >= 4 is 39.9 Å². The van der Waals surface area contributed by atoms with E-state index in [1.54, 1.807) is 19.9 Å². The number of amides is 1. The van der Waals surface area contributed by atoms with E-state index in [9.17, 15) is 14.0 Å². The third kappa shape index (κ3) is 6.11. The van der Waals surface area contributed by atoms with Crippen LogP contribution in [-0.4, -0.2) is 65.3 Å². The number of nitrogens with zero attached hydrogens (tertiary/aromatic N) is 3. The van der Waals surface area contributed by atoms with Gasteiger partial charge in [-0.25, -0.2) is 14.2 Å². The van der Waals surface area contributed by atoms with Crippen molar-refractivity contribution in [3.05, 3.63) is 51.5 Å². The Morgan fingerprint density at radius 2 is 2.16 bits per heavy atom. The van der Waals surface area contributed by atoms with Crippen LogP contribution in [0.4, 0.5) is 9.52 Å². The molecule has 1 aliphatic rings. The lowest BCUT2D eigenvalue weighted by molar-refractivity contribution is 0.0205. The van der Waals surface area contributed by atoms with E-state index in [1.165, 1.54) is 18.3 Å². The molecule has 4 heterocycles. The number of ether oxygens (including phenoxy) is 2. The first kappa shape index (κ1) is 27.0. The van der Waals surface area contributed by atoms with E-state index in [4.69, 9.17) is 21.1 Å². The number of piperidine rings is 1. The predicted molar refractivity (Wildman–Crippen MR) is 140 cm³/mol. The van der Waals surface area contributed by atoms with Crippen LogP contribution in [0.5, 0.6) is 0 Å². The number of nitrogens with one attached hydrogen (secondary N) is 2. The lowest BCUT2D eigenvalue weighted by atomic mass is 10.0. The summed E-state index contributed by atoms with van der Waals surface area (Å²) in [4.78, 5) is 39.4. The van der Waals surface area contributed by atoms with Crippen LogP contribution in [0, 0.1) is 12.7 Å². The molecule has 37 heavy (non-hydrogen) atoms. The van der Waals surface area contributed by atoms with E-state index in [2.05, 4.69) is 20.3 Å². The van der Waals surface area contributed by atoms with E-state index in [0.29, 0.717) is 42.0 Å². The highest BCUT2D eigenvalue weighted by Crippen LogP contribution is 2.35. The van der Waals surface area contributed by atoms with Gasteiger partial charge >= 0.3 is 5.97 Å². The monoisotopic (exact) mass is 549 g/mol. The fraction of sp³-hybridized carbons (Fsp3) is 0.440. The quantitative estimate of drug-likeness (QED) is 0.375. The van der Waals surface area contributed by atoms with Crippen molar-refractivity contribution in [3.63, 3.8) is 0 Å². The first-order valence-corrected chi connectivity index (χ1v) is 13.3. The van der Waals surface area contributed by atoms with Crippen molar-refractivity contribution in [1.29, 1.82) is 0 Å². The Bertz CT molecular complexity index is 1250. The molecule has 0 aromatic carbocycles. The van der Waals surface area contributed by atoms with Gasteiger partial charge < -0.3 is 24.7 Å². The average Bonchev–Trinajstić information content (AvgIpc) is 3.47. The summed E-state index contributed by atoms with van der Waals surface area (Å²) in [6.07, 6.45) is 2.52. The van der Waals surface area contributed by atoms with Gasteiger partial charge in [-0.05, 0) is 44.9 Å². The van der Waals surface area contributed by atoms with E-state index in [-0.39, 0.29) is 40.9 Å². The summed E-state index contributed by atoms with van der Waals surface area (Å²) >= 11 is 7.23. The van der Waals surface area contributed by atoms with E-state index in [0.717, 1.165) is 23.5 Å². The van der Waals surface area contributed by atoms with Crippen molar-refractivity contribution in [3.8, 4) is 11.4 Å². The van der Waals surface area contributed by atoms with Crippen molar-refractivity contribution in [2.45, 2.75) is 45.8 Å². The number of aromatic amines is 1. The highest BCUT2D eigenvalue weighted by atomic mass is 35.5. The van der Waals surface area contributed by atoms with E-state index >= 15 is 0 Å². The standard InChI is InChI=1S/C25H29ClFN5O4S/c1-4-11-36-19-13-32(10-8-17(19)30-23(33)18-12-15(26)14(3)29-18)25-31-21(20-16(27)7-6-9-28-20)22(37-25)24(34)35-5-2/h6-7,9,12,17,19,29H,4-5,8,10-11,13H2,1-3H3,(H,30,33)/t17-,19+/m1/s1. The van der Waals surface area contributed by atoms with E-state index < -0.39 is 11.8 Å². The summed E-state index contributed by atoms with van der Waals surface area (Å²) in [6, 6.07) is 4.12. The van der Waals surface area contributed by atoms with Gasteiger partial charge in [0.05, 0.1) is 23.8 Å². The second-order valence-corrected chi connectivity index (χ2v) is 9.99. The smallest absolute Gasteiger partial charge is 0.350 e. The topological polar surface area (TPSA) is 109 Å². The molecule has 0 saturated carbocycles. The molecule has 12 heteroatoms. The molecule has 1 aliphatic heterocycles. The number of carbonyl (C=O) groups is 2. The molecule has 9 nitrogen and oxygen atoms in total. The maximum absolute atomic E-state index is 14.6. The molecule has 4 rings (SSSR count). The Labute approximate surface area is 223 Å². The SMILES string of the molecule is CCCO[C@H]1CN(c2nc(-c3ncccc3F)c(C(=O)OCC)s2)CC[C@H]1NC(=O)c1cc(Cl)c(C)[nH]1. The number of H-pyrrole nitrogens is 1. The summed E-state index contributed by atoms with van der Waals surface area (Å²) < 4.78 is 25.9. The fourth-order valence-electron chi connectivity index (χ4n) is 4.09. The van der Waals surface area contributed by atoms with Crippen molar-refractivity contribution in [2.24, 2.45) is 0 Å². The van der Waals surface area contributed by atoms with Gasteiger partial charge in [-0.15, -0.1) is 0 Å². The zero-order valence-electron chi connectivity index (χ0n) is 20.8. The van der Waals surface area contributed by atoms with Crippen LogP contribution in [0.15, 0.2) is 24.4 Å². The molecule has 0 radical (unpaired) electrons. The average molecular weight is 550 g/mol. The Hall–Kier alpha value is -3.02. The third-order valence-corrected chi connectivity index (χ3v) is 7.43. The zero-order chi connectivity index (χ0) is 26.5. The molecule has 2 N–H and O–H groups in total. The number of aryl methyl sites for hydroxylation is 1. The van der Waals surface area contributed by atoms with Crippen LogP contribution in [-0.2, 0) is 9.47 Å². The van der Waals surface area contributed by atoms with Gasteiger partial charge in [0.2, 0.25) is 0 Å². The second-order valence-electron chi connectivity index (χ2n) is 8.61. The molecule has 0 bridgehead atoms. The molecular formula is C25H29ClFN5O4S. The molecule has 3 aromatic rings. The lowest BCUT2D eigenvalue weighted by Crippen LogP contribution is -2.55. The molecule has 0 aliphatic carbocycles. The van der Waals surface area contributed by atoms with Gasteiger partial charge in [-0.2, -0.15) is 0 Å². The minimum atomic E-state index is -0.577. The van der Waals surface area contributed by atoms with Crippen LogP contribution in [0.25, 0.3) is 11.4 Å². The molecule has 0 unspecified atom stereocenters. The highest BCUT2D eigenvalue weighted by molar-refractivity contribution is 7.17. The van der Waals surface area contributed by atoms with Crippen LogP contribution < -0.4 is 10.2 Å². The first-order valence-electron chi connectivity index (χ1n) is 12.1. The number of pyridine rings is 1. The second kappa shape index (κ2) is 12.0. The van der Waals surface area contributed by atoms with Crippen molar-refractivity contribution in [1.82, 2.24) is 20.3 Å². The Kier molecular flexibility index (Phi) is 8.78. The van der Waals surface area contributed by atoms with Gasteiger partial charge in [0.15, 0.2) is 10.9 Å². The van der Waals surface area contributed by atoms with Crippen molar-refractivity contribution in [2.75, 3.05) is 31.2 Å². The van der Waals surface area contributed by atoms with Crippen LogP contribution in [0.3, 0.4) is 0 Å². The fourth-order valence-corrected chi connectivity index (χ4v) is 5.25. The Balaban J connectivity index is 1.57. The van der Waals surface area contributed by atoms with Crippen LogP contribution >= 0.6 is 22.9 Å². The Morgan fingerprint density at radius 3 is 2.84 bits per heavy atom. The molecule has 3 aromatic heterocycles. The van der Waals surface area contributed by atoms with Gasteiger partial charge in [-0.1, -0.05) is 29.9 Å². The van der Waals surface area contributed by atoms with Crippen LogP contribution in [0.1, 0.15) is 52.5 Å². The Morgan fingerprint density at radius 1 is 1.35 bits per heavy atom. The minimum absolute atomic E-state index is 0.00566. The highest BCUT2D eigenvalue weighted by Gasteiger charge is 2.34. The van der Waals surface area contributed by atoms with Crippen molar-refractivity contribution < 1.29 is 23.5 Å². The normalized spacial score (nSPS) is 17.6. The third-order valence-electron chi connectivity index (χ3n) is 5.94. The van der Waals surface area contributed by atoms with Crippen LogP contribution in [0.2, 0.25) is 5.02 Å². The van der Waals surface area contributed by atoms with Gasteiger partial charge in [0, 0.05) is 31.6 Å². The molecule has 2 atom stereocenters. The number of rotatable bonds is 9. The summed E-state index contributed by atoms with van der Waals surface area (Å²) in [5.74, 6) is -1.41. The number of thiazole rings is 1. The predicted octanol–water partition coefficient (Wildman–Crippen LogP) is 4.61. The number of carbonyl (C=O) groups excluding carboxylic acids is 2. The van der Waals surface area contributed by atoms with Gasteiger partial charge in [0.1, 0.15) is 22.0 Å². The molecule has 1 fully saturated rings. The first-order chi connectivity index (χ1) is 17.8. The number of halogens is 2. The molecule has 1 saturated heterocycles. The lowest BCUT2D eigenvalue weighted by Gasteiger charge is -2.38. The zero-order valence-corrected chi connectivity index (χ0v) is 22.4. The van der Waals surface area contributed by atoms with Gasteiger partial charge in [0.25, 0.3) is 5.91 Å². The molecule has 1 amide bonds. The maximum atomic E-state index is 14.6. The molecular weight excluding hydrogens is 521 g/mol. The maximum Gasteiger partial charge on any atom is 0.350 e. The summed E-state index contributed by atoms with van der Waals surface area (Å²) in [6.45, 7) is 7.19. The summed E-state index contributed by atoms with van der Waals surface area (Å²) in [5.41, 5.74) is 1.26.